The van der Waals surface area contributed by atoms with Crippen LogP contribution in [0.3, 0.4) is 0 Å². The van der Waals surface area contributed by atoms with E-state index in [2.05, 4.69) is 29.2 Å². The van der Waals surface area contributed by atoms with Gasteiger partial charge in [-0.1, -0.05) is 32.0 Å². The number of para-hydroxylation sites is 1. The van der Waals surface area contributed by atoms with Crippen LogP contribution < -0.4 is 5.32 Å². The second kappa shape index (κ2) is 6.31. The van der Waals surface area contributed by atoms with Crippen LogP contribution in [0.4, 0.5) is 0 Å². The van der Waals surface area contributed by atoms with Gasteiger partial charge in [0.25, 0.3) is 5.91 Å². The number of carbonyl (C=O) groups is 2. The van der Waals surface area contributed by atoms with Crippen molar-refractivity contribution in [3.05, 3.63) is 41.5 Å². The van der Waals surface area contributed by atoms with Crippen molar-refractivity contribution in [1.82, 2.24) is 20.1 Å². The van der Waals surface area contributed by atoms with Gasteiger partial charge >= 0.3 is 5.97 Å². The Kier molecular flexibility index (Phi) is 4.32. The van der Waals surface area contributed by atoms with E-state index < -0.39 is 17.3 Å². The van der Waals surface area contributed by atoms with Gasteiger partial charge in [-0.25, -0.2) is 9.67 Å². The van der Waals surface area contributed by atoms with Gasteiger partial charge in [0.1, 0.15) is 5.82 Å². The predicted octanol–water partition coefficient (Wildman–Crippen LogP) is 2.29. The monoisotopic (exact) mass is 342 g/mol. The van der Waals surface area contributed by atoms with Gasteiger partial charge in [-0.2, -0.15) is 0 Å². The van der Waals surface area contributed by atoms with Crippen molar-refractivity contribution in [2.45, 2.75) is 39.5 Å². The van der Waals surface area contributed by atoms with E-state index >= 15 is 0 Å². The molecule has 0 unspecified atom stereocenters. The minimum Gasteiger partial charge on any atom is -0.481 e. The van der Waals surface area contributed by atoms with E-state index in [4.69, 9.17) is 0 Å². The second-order valence-electron chi connectivity index (χ2n) is 6.88. The van der Waals surface area contributed by atoms with Crippen molar-refractivity contribution in [2.24, 2.45) is 5.41 Å². The van der Waals surface area contributed by atoms with E-state index in [0.717, 1.165) is 11.3 Å². The molecule has 1 saturated carbocycles. The quantitative estimate of drug-likeness (QED) is 0.839. The lowest BCUT2D eigenvalue weighted by molar-refractivity contribution is -0.143. The van der Waals surface area contributed by atoms with E-state index in [-0.39, 0.29) is 12.4 Å². The summed E-state index contributed by atoms with van der Waals surface area (Å²) < 4.78 is 1.66. The molecule has 0 spiro atoms. The van der Waals surface area contributed by atoms with Crippen molar-refractivity contribution < 1.29 is 14.7 Å². The number of amides is 1. The summed E-state index contributed by atoms with van der Waals surface area (Å²) in [4.78, 5) is 27.8. The fourth-order valence-electron chi connectivity index (χ4n) is 2.83. The molecule has 1 heterocycles. The third kappa shape index (κ3) is 3.26. The second-order valence-corrected chi connectivity index (χ2v) is 6.88. The van der Waals surface area contributed by atoms with Crippen LogP contribution in [0.25, 0.3) is 5.69 Å². The van der Waals surface area contributed by atoms with Crippen LogP contribution >= 0.6 is 0 Å². The first-order valence-corrected chi connectivity index (χ1v) is 8.38. The van der Waals surface area contributed by atoms with Gasteiger partial charge in [-0.15, -0.1) is 5.10 Å². The van der Waals surface area contributed by atoms with Gasteiger partial charge < -0.3 is 10.4 Å². The number of carbonyl (C=O) groups excluding carboxylic acids is 1. The summed E-state index contributed by atoms with van der Waals surface area (Å²) in [5, 5.41) is 16.2. The van der Waals surface area contributed by atoms with Gasteiger partial charge in [0.2, 0.25) is 5.82 Å². The zero-order chi connectivity index (χ0) is 18.2. The van der Waals surface area contributed by atoms with Gasteiger partial charge in [0.15, 0.2) is 0 Å². The minimum absolute atomic E-state index is 0.0530. The van der Waals surface area contributed by atoms with Crippen molar-refractivity contribution in [3.8, 4) is 5.69 Å². The van der Waals surface area contributed by atoms with Crippen molar-refractivity contribution in [1.29, 1.82) is 0 Å². The maximum atomic E-state index is 12.3. The first-order valence-electron chi connectivity index (χ1n) is 8.38. The molecular formula is C18H22N4O3. The van der Waals surface area contributed by atoms with Crippen LogP contribution in [0.15, 0.2) is 24.3 Å². The van der Waals surface area contributed by atoms with Gasteiger partial charge in [-0.05, 0) is 37.3 Å². The largest absolute Gasteiger partial charge is 0.481 e. The number of rotatable bonds is 6. The third-order valence-electron chi connectivity index (χ3n) is 4.65. The topological polar surface area (TPSA) is 97.1 Å². The highest BCUT2D eigenvalue weighted by molar-refractivity contribution is 5.91. The van der Waals surface area contributed by atoms with E-state index in [1.54, 1.807) is 11.6 Å². The minimum atomic E-state index is -0.867. The van der Waals surface area contributed by atoms with Crippen LogP contribution in [0.5, 0.6) is 0 Å². The molecule has 0 bridgehead atoms. The van der Waals surface area contributed by atoms with E-state index in [9.17, 15) is 14.7 Å². The highest BCUT2D eigenvalue weighted by Gasteiger charge is 2.50. The highest BCUT2D eigenvalue weighted by Crippen LogP contribution is 2.45. The lowest BCUT2D eigenvalue weighted by Gasteiger charge is -2.12. The molecule has 7 nitrogen and oxygen atoms in total. The number of nitrogens with zero attached hydrogens (tertiary/aromatic N) is 3. The van der Waals surface area contributed by atoms with Gasteiger partial charge in [-0.3, -0.25) is 9.59 Å². The van der Waals surface area contributed by atoms with E-state index in [0.29, 0.717) is 24.6 Å². The number of aromatic nitrogens is 3. The Hall–Kier alpha value is -2.70. The number of benzene rings is 1. The number of aryl methyl sites for hydroxylation is 1. The van der Waals surface area contributed by atoms with Crippen LogP contribution in [0.1, 0.15) is 54.6 Å². The SMILES string of the molecule is Cc1nc(C(=O)NCC2(C(=O)O)CC2)nn1-c1ccccc1C(C)C. The molecule has 1 aliphatic rings. The molecule has 25 heavy (non-hydrogen) atoms. The maximum Gasteiger partial charge on any atom is 0.311 e. The molecule has 3 rings (SSSR count). The number of carboxylic acids is 1. The molecule has 2 N–H and O–H groups in total. The van der Waals surface area contributed by atoms with E-state index in [1.807, 2.05) is 24.3 Å². The smallest absolute Gasteiger partial charge is 0.311 e. The van der Waals surface area contributed by atoms with Crippen LogP contribution in [-0.4, -0.2) is 38.3 Å². The lowest BCUT2D eigenvalue weighted by Crippen LogP contribution is -2.34. The fraction of sp³-hybridized carbons (Fsp3) is 0.444. The molecule has 1 fully saturated rings. The molecule has 7 heteroatoms. The molecule has 0 aliphatic heterocycles. The molecule has 1 amide bonds. The summed E-state index contributed by atoms with van der Waals surface area (Å²) in [5.41, 5.74) is 1.20. The zero-order valence-corrected chi connectivity index (χ0v) is 14.6. The zero-order valence-electron chi connectivity index (χ0n) is 14.6. The Bertz CT molecular complexity index is 821. The van der Waals surface area contributed by atoms with E-state index in [1.165, 1.54) is 0 Å². The summed E-state index contributed by atoms with van der Waals surface area (Å²) in [7, 11) is 0. The summed E-state index contributed by atoms with van der Waals surface area (Å²) in [6.07, 6.45) is 1.18. The third-order valence-corrected chi connectivity index (χ3v) is 4.65. The Morgan fingerprint density at radius 2 is 2.00 bits per heavy atom. The van der Waals surface area contributed by atoms with Crippen molar-refractivity contribution >= 4 is 11.9 Å². The normalized spacial score (nSPS) is 15.2. The Morgan fingerprint density at radius 1 is 1.32 bits per heavy atom. The first-order chi connectivity index (χ1) is 11.8. The maximum absolute atomic E-state index is 12.3. The molecule has 0 atom stereocenters. The van der Waals surface area contributed by atoms with Crippen LogP contribution in [0.2, 0.25) is 0 Å². The number of aliphatic carboxylic acids is 1. The Labute approximate surface area is 146 Å². The molecule has 1 aromatic carbocycles. The molecule has 0 saturated heterocycles. The number of nitrogens with one attached hydrogen (secondary N) is 1. The number of hydrogen-bond acceptors (Lipinski definition) is 4. The summed E-state index contributed by atoms with van der Waals surface area (Å²) in [6, 6.07) is 7.87. The summed E-state index contributed by atoms with van der Waals surface area (Å²) in [5.74, 6) is -0.345. The average molecular weight is 342 g/mol. The molecule has 132 valence electrons. The van der Waals surface area contributed by atoms with Crippen LogP contribution in [-0.2, 0) is 4.79 Å². The molecular weight excluding hydrogens is 320 g/mol. The molecule has 0 radical (unpaired) electrons. The highest BCUT2D eigenvalue weighted by atomic mass is 16.4. The van der Waals surface area contributed by atoms with Gasteiger partial charge in [0.05, 0.1) is 11.1 Å². The standard InChI is InChI=1S/C18H22N4O3/c1-11(2)13-6-4-5-7-14(13)22-12(3)20-15(21-22)16(23)19-10-18(8-9-18)17(24)25/h4-7,11H,8-10H2,1-3H3,(H,19,23)(H,24,25). The fourth-order valence-corrected chi connectivity index (χ4v) is 2.83. The lowest BCUT2D eigenvalue weighted by atomic mass is 10.0. The van der Waals surface area contributed by atoms with Crippen molar-refractivity contribution in [2.75, 3.05) is 6.54 Å². The van der Waals surface area contributed by atoms with Gasteiger partial charge in [0, 0.05) is 6.54 Å². The summed E-state index contributed by atoms with van der Waals surface area (Å²) in [6.45, 7) is 6.09. The molecule has 1 aromatic heterocycles. The molecule has 2 aromatic rings. The average Bonchev–Trinajstić information content (AvgIpc) is 3.28. The Morgan fingerprint density at radius 3 is 2.60 bits per heavy atom. The van der Waals surface area contributed by atoms with Crippen LogP contribution in [0, 0.1) is 12.3 Å². The molecule has 1 aliphatic carbocycles. The summed E-state index contributed by atoms with van der Waals surface area (Å²) >= 11 is 0. The Balaban J connectivity index is 1.81. The number of hydrogen-bond donors (Lipinski definition) is 2. The van der Waals surface area contributed by atoms with Crippen molar-refractivity contribution in [3.63, 3.8) is 0 Å². The first kappa shape index (κ1) is 17.1. The predicted molar refractivity (Wildman–Crippen MR) is 91.8 cm³/mol. The number of carboxylic acid groups (broad SMARTS) is 1.